The molecule has 0 aliphatic rings. The molecule has 1 nitrogen and oxygen atoms in total. The lowest BCUT2D eigenvalue weighted by Gasteiger charge is -2.19. The monoisotopic (exact) mass is 281 g/mol. The highest BCUT2D eigenvalue weighted by Crippen LogP contribution is 2.26. The third kappa shape index (κ3) is 4.44. The van der Waals surface area contributed by atoms with E-state index in [4.69, 9.17) is 5.73 Å². The van der Waals surface area contributed by atoms with Gasteiger partial charge in [0.25, 0.3) is 0 Å². The summed E-state index contributed by atoms with van der Waals surface area (Å²) in [6, 6.07) is 18.0. The van der Waals surface area contributed by atoms with Crippen LogP contribution in [0.3, 0.4) is 0 Å². The highest BCUT2D eigenvalue weighted by molar-refractivity contribution is 5.64. The van der Waals surface area contributed by atoms with Crippen molar-refractivity contribution in [2.45, 2.75) is 52.0 Å². The minimum Gasteiger partial charge on any atom is -0.328 e. The van der Waals surface area contributed by atoms with E-state index < -0.39 is 0 Å². The van der Waals surface area contributed by atoms with Crippen molar-refractivity contribution in [2.75, 3.05) is 0 Å². The minimum absolute atomic E-state index is 0.210. The van der Waals surface area contributed by atoms with Crippen molar-refractivity contribution in [2.24, 2.45) is 5.73 Å². The summed E-state index contributed by atoms with van der Waals surface area (Å²) in [5, 5.41) is 0. The summed E-state index contributed by atoms with van der Waals surface area (Å²) in [6.07, 6.45) is 2.10. The van der Waals surface area contributed by atoms with Crippen LogP contribution in [0.25, 0.3) is 11.1 Å². The number of hydrogen-bond acceptors (Lipinski definition) is 1. The van der Waals surface area contributed by atoms with Crippen molar-refractivity contribution < 1.29 is 0 Å². The maximum Gasteiger partial charge on any atom is 0.00136 e. The molecule has 0 bridgehead atoms. The minimum atomic E-state index is 0.210. The number of rotatable bonds is 4. The zero-order chi connectivity index (χ0) is 15.5. The summed E-state index contributed by atoms with van der Waals surface area (Å²) in [5.74, 6) is 0. The van der Waals surface area contributed by atoms with E-state index in [-0.39, 0.29) is 11.5 Å². The van der Waals surface area contributed by atoms with Crippen molar-refractivity contribution in [3.05, 3.63) is 59.7 Å². The zero-order valence-corrected chi connectivity index (χ0v) is 13.7. The maximum atomic E-state index is 5.81. The molecule has 0 amide bonds. The van der Waals surface area contributed by atoms with Crippen LogP contribution in [-0.2, 0) is 11.8 Å². The molecule has 2 aromatic carbocycles. The number of nitrogens with two attached hydrogens (primary N) is 1. The summed E-state index contributed by atoms with van der Waals surface area (Å²) in [7, 11) is 0. The van der Waals surface area contributed by atoms with Crippen LogP contribution in [0.4, 0.5) is 0 Å². The fourth-order valence-electron chi connectivity index (χ4n) is 2.42. The quantitative estimate of drug-likeness (QED) is 0.844. The summed E-state index contributed by atoms with van der Waals surface area (Å²) < 4.78 is 0. The first kappa shape index (κ1) is 15.8. The van der Waals surface area contributed by atoms with Gasteiger partial charge in [0, 0.05) is 6.04 Å². The van der Waals surface area contributed by atoms with Crippen molar-refractivity contribution in [1.82, 2.24) is 0 Å². The molecule has 0 fully saturated rings. The fraction of sp³-hybridized carbons (Fsp3) is 0.400. The highest BCUT2D eigenvalue weighted by atomic mass is 14.6. The van der Waals surface area contributed by atoms with Crippen LogP contribution in [0.1, 0.15) is 45.2 Å². The van der Waals surface area contributed by atoms with Gasteiger partial charge in [-0.1, -0.05) is 69.3 Å². The van der Waals surface area contributed by atoms with Crippen LogP contribution in [0.2, 0.25) is 0 Å². The molecule has 112 valence electrons. The molecule has 21 heavy (non-hydrogen) atoms. The van der Waals surface area contributed by atoms with Gasteiger partial charge in [0.05, 0.1) is 0 Å². The molecule has 2 N–H and O–H groups in total. The molecule has 0 heterocycles. The summed E-state index contributed by atoms with van der Waals surface area (Å²) >= 11 is 0. The predicted octanol–water partition coefficient (Wildman–Crippen LogP) is 4.93. The molecule has 2 aromatic rings. The van der Waals surface area contributed by atoms with E-state index in [2.05, 4.69) is 76.2 Å². The first-order valence-electron chi connectivity index (χ1n) is 7.82. The number of benzene rings is 2. The van der Waals surface area contributed by atoms with Gasteiger partial charge in [-0.05, 0) is 47.4 Å². The second-order valence-corrected chi connectivity index (χ2v) is 7.04. The molecular formula is C20H27N. The van der Waals surface area contributed by atoms with Gasteiger partial charge in [0.1, 0.15) is 0 Å². The normalized spacial score (nSPS) is 13.2. The van der Waals surface area contributed by atoms with Crippen LogP contribution >= 0.6 is 0 Å². The lowest BCUT2D eigenvalue weighted by atomic mass is 9.86. The molecule has 0 aromatic heterocycles. The second kappa shape index (κ2) is 6.44. The molecule has 0 aliphatic heterocycles. The molecule has 2 rings (SSSR count). The molecule has 0 spiro atoms. The van der Waals surface area contributed by atoms with Gasteiger partial charge in [-0.15, -0.1) is 0 Å². The molecule has 0 aliphatic carbocycles. The van der Waals surface area contributed by atoms with Crippen LogP contribution in [0.15, 0.2) is 48.5 Å². The van der Waals surface area contributed by atoms with E-state index in [9.17, 15) is 0 Å². The Morgan fingerprint density at radius 1 is 0.857 bits per heavy atom. The van der Waals surface area contributed by atoms with E-state index in [1.165, 1.54) is 22.3 Å². The van der Waals surface area contributed by atoms with Crippen molar-refractivity contribution in [1.29, 1.82) is 0 Å². The Hall–Kier alpha value is -1.60. The average Bonchev–Trinajstić information content (AvgIpc) is 2.45. The molecule has 1 atom stereocenters. The molecule has 0 saturated heterocycles. The largest absolute Gasteiger partial charge is 0.328 e. The van der Waals surface area contributed by atoms with E-state index in [0.717, 1.165) is 12.8 Å². The van der Waals surface area contributed by atoms with Gasteiger partial charge in [-0.2, -0.15) is 0 Å². The Morgan fingerprint density at radius 2 is 1.33 bits per heavy atom. The van der Waals surface area contributed by atoms with Crippen molar-refractivity contribution >= 4 is 0 Å². The molecular weight excluding hydrogens is 254 g/mol. The lowest BCUT2D eigenvalue weighted by molar-refractivity contribution is 0.590. The Balaban J connectivity index is 2.11. The van der Waals surface area contributed by atoms with Crippen LogP contribution in [-0.4, -0.2) is 6.04 Å². The van der Waals surface area contributed by atoms with Gasteiger partial charge in [0.15, 0.2) is 0 Å². The molecule has 0 saturated carbocycles. The fourth-order valence-corrected chi connectivity index (χ4v) is 2.42. The Labute approximate surface area is 129 Å². The number of aryl methyl sites for hydroxylation is 1. The van der Waals surface area contributed by atoms with E-state index in [1.807, 2.05) is 0 Å². The summed E-state index contributed by atoms with van der Waals surface area (Å²) in [5.41, 5.74) is 11.3. The van der Waals surface area contributed by atoms with Gasteiger partial charge in [-0.3, -0.25) is 0 Å². The van der Waals surface area contributed by atoms with Crippen LogP contribution in [0, 0.1) is 0 Å². The van der Waals surface area contributed by atoms with Gasteiger partial charge >= 0.3 is 0 Å². The maximum absolute atomic E-state index is 5.81. The first-order chi connectivity index (χ1) is 9.86. The highest BCUT2D eigenvalue weighted by Gasteiger charge is 2.12. The third-order valence-corrected chi connectivity index (χ3v) is 3.93. The zero-order valence-electron chi connectivity index (χ0n) is 13.7. The topological polar surface area (TPSA) is 26.0 Å². The van der Waals surface area contributed by atoms with E-state index in [0.29, 0.717) is 0 Å². The third-order valence-electron chi connectivity index (χ3n) is 3.93. The van der Waals surface area contributed by atoms with E-state index >= 15 is 0 Å². The molecule has 1 unspecified atom stereocenters. The molecule has 0 radical (unpaired) electrons. The first-order valence-corrected chi connectivity index (χ1v) is 7.82. The Morgan fingerprint density at radius 3 is 1.76 bits per heavy atom. The lowest BCUT2D eigenvalue weighted by Crippen LogP contribution is -2.15. The second-order valence-electron chi connectivity index (χ2n) is 7.04. The van der Waals surface area contributed by atoms with Gasteiger partial charge in [-0.25, -0.2) is 0 Å². The van der Waals surface area contributed by atoms with Crippen molar-refractivity contribution in [3.8, 4) is 11.1 Å². The smallest absolute Gasteiger partial charge is 0.00136 e. The standard InChI is InChI=1S/C20H27N/c1-15(21)5-6-16-7-9-17(10-8-16)18-11-13-19(14-12-18)20(2,3)4/h7-15H,5-6,21H2,1-4H3. The van der Waals surface area contributed by atoms with E-state index in [1.54, 1.807) is 0 Å². The van der Waals surface area contributed by atoms with Gasteiger partial charge < -0.3 is 5.73 Å². The number of hydrogen-bond donors (Lipinski definition) is 1. The van der Waals surface area contributed by atoms with Crippen LogP contribution in [0.5, 0.6) is 0 Å². The summed E-state index contributed by atoms with van der Waals surface area (Å²) in [6.45, 7) is 8.80. The molecule has 1 heteroatoms. The Bertz CT molecular complexity index is 556. The van der Waals surface area contributed by atoms with Crippen LogP contribution < -0.4 is 5.73 Å². The Kier molecular flexibility index (Phi) is 4.84. The average molecular weight is 281 g/mol. The van der Waals surface area contributed by atoms with Crippen molar-refractivity contribution in [3.63, 3.8) is 0 Å². The predicted molar refractivity (Wildman–Crippen MR) is 92.5 cm³/mol. The summed E-state index contributed by atoms with van der Waals surface area (Å²) in [4.78, 5) is 0. The SMILES string of the molecule is CC(N)CCc1ccc(-c2ccc(C(C)(C)C)cc2)cc1. The van der Waals surface area contributed by atoms with Gasteiger partial charge in [0.2, 0.25) is 0 Å².